The largest absolute Gasteiger partial charge is 0.289 e. The molecule has 0 heterocycles. The molecule has 20 heavy (non-hydrogen) atoms. The number of carbonyl (C=O) groups excluding carboxylic acids is 1. The Labute approximate surface area is 120 Å². The lowest BCUT2D eigenvalue weighted by atomic mass is 9.75. The van der Waals surface area contributed by atoms with Crippen LogP contribution >= 0.6 is 0 Å². The third-order valence-electron chi connectivity index (χ3n) is 4.07. The number of hydrogen-bond acceptors (Lipinski definition) is 1. The zero-order valence-electron chi connectivity index (χ0n) is 11.9. The maximum Gasteiger partial charge on any atom is 0.189 e. The first-order valence-corrected chi connectivity index (χ1v) is 7.03. The van der Waals surface area contributed by atoms with E-state index in [2.05, 4.69) is 30.3 Å². The van der Waals surface area contributed by atoms with Gasteiger partial charge >= 0.3 is 0 Å². The smallest absolute Gasteiger partial charge is 0.189 e. The van der Waals surface area contributed by atoms with Crippen molar-refractivity contribution >= 4 is 5.78 Å². The van der Waals surface area contributed by atoms with E-state index in [0.717, 1.165) is 28.7 Å². The molecule has 0 bridgehead atoms. The van der Waals surface area contributed by atoms with Crippen LogP contribution in [-0.2, 0) is 0 Å². The van der Waals surface area contributed by atoms with E-state index in [1.165, 1.54) is 5.56 Å². The lowest BCUT2D eigenvalue weighted by Gasteiger charge is -2.27. The van der Waals surface area contributed by atoms with Gasteiger partial charge in [0, 0.05) is 11.5 Å². The molecule has 1 aliphatic carbocycles. The number of carbonyl (C=O) groups is 1. The van der Waals surface area contributed by atoms with Crippen LogP contribution in [0.3, 0.4) is 0 Å². The van der Waals surface area contributed by atoms with Crippen LogP contribution in [0, 0.1) is 0 Å². The van der Waals surface area contributed by atoms with E-state index in [1.54, 1.807) is 0 Å². The summed E-state index contributed by atoms with van der Waals surface area (Å²) >= 11 is 0. The van der Waals surface area contributed by atoms with Crippen molar-refractivity contribution in [1.29, 1.82) is 0 Å². The van der Waals surface area contributed by atoms with Crippen LogP contribution in [0.4, 0.5) is 0 Å². The molecule has 0 saturated heterocycles. The number of allylic oxidation sites excluding steroid dienone is 2. The molecule has 0 radical (unpaired) electrons. The fourth-order valence-electron chi connectivity index (χ4n) is 2.99. The second-order valence-electron chi connectivity index (χ2n) is 5.56. The van der Waals surface area contributed by atoms with Crippen LogP contribution in [-0.4, -0.2) is 5.78 Å². The first kappa shape index (κ1) is 12.9. The van der Waals surface area contributed by atoms with Gasteiger partial charge in [0.15, 0.2) is 5.78 Å². The van der Waals surface area contributed by atoms with Crippen molar-refractivity contribution in [2.75, 3.05) is 0 Å². The summed E-state index contributed by atoms with van der Waals surface area (Å²) in [5, 5.41) is 0. The topological polar surface area (TPSA) is 17.1 Å². The lowest BCUT2D eigenvalue weighted by Crippen LogP contribution is -2.20. The Morgan fingerprint density at radius 1 is 0.950 bits per heavy atom. The Morgan fingerprint density at radius 3 is 2.30 bits per heavy atom. The van der Waals surface area contributed by atoms with Crippen molar-refractivity contribution in [2.24, 2.45) is 0 Å². The van der Waals surface area contributed by atoms with Crippen LogP contribution < -0.4 is 0 Å². The molecule has 0 aromatic heterocycles. The summed E-state index contributed by atoms with van der Waals surface area (Å²) in [4.78, 5) is 12.6. The number of rotatable bonds is 1. The fourth-order valence-corrected chi connectivity index (χ4v) is 2.99. The van der Waals surface area contributed by atoms with E-state index in [0.29, 0.717) is 0 Å². The summed E-state index contributed by atoms with van der Waals surface area (Å²) in [6.45, 7) is 4.06. The van der Waals surface area contributed by atoms with E-state index >= 15 is 0 Å². The molecule has 100 valence electrons. The summed E-state index contributed by atoms with van der Waals surface area (Å²) in [5.41, 5.74) is 5.41. The van der Waals surface area contributed by atoms with Gasteiger partial charge in [0.1, 0.15) is 0 Å². The molecular formula is C19H18O. The Bertz CT molecular complexity index is 676. The second kappa shape index (κ2) is 5.09. The van der Waals surface area contributed by atoms with E-state index < -0.39 is 0 Å². The molecule has 2 aromatic rings. The number of fused-ring (bicyclic) bond motifs is 1. The molecule has 0 saturated carbocycles. The van der Waals surface area contributed by atoms with E-state index in [-0.39, 0.29) is 11.7 Å². The van der Waals surface area contributed by atoms with Gasteiger partial charge in [-0.25, -0.2) is 0 Å². The molecule has 1 aliphatic rings. The van der Waals surface area contributed by atoms with Gasteiger partial charge < -0.3 is 0 Å². The van der Waals surface area contributed by atoms with Gasteiger partial charge in [-0.3, -0.25) is 4.79 Å². The van der Waals surface area contributed by atoms with E-state index in [9.17, 15) is 4.79 Å². The third kappa shape index (κ3) is 2.09. The van der Waals surface area contributed by atoms with Gasteiger partial charge in [-0.15, -0.1) is 0 Å². The van der Waals surface area contributed by atoms with Crippen molar-refractivity contribution in [3.05, 3.63) is 82.4 Å². The van der Waals surface area contributed by atoms with Gasteiger partial charge in [-0.2, -0.15) is 0 Å². The highest BCUT2D eigenvalue weighted by atomic mass is 16.1. The van der Waals surface area contributed by atoms with Crippen LogP contribution in [0.15, 0.2) is 65.7 Å². The fraction of sp³-hybridized carbons (Fsp3) is 0.211. The predicted molar refractivity (Wildman–Crippen MR) is 82.0 cm³/mol. The van der Waals surface area contributed by atoms with E-state index in [1.807, 2.05) is 38.1 Å². The minimum atomic E-state index is 0.202. The first-order chi connectivity index (χ1) is 9.68. The molecule has 1 heteroatoms. The van der Waals surface area contributed by atoms with Crippen molar-refractivity contribution < 1.29 is 4.79 Å². The molecule has 0 amide bonds. The Morgan fingerprint density at radius 2 is 1.60 bits per heavy atom. The van der Waals surface area contributed by atoms with Gasteiger partial charge in [0.05, 0.1) is 0 Å². The van der Waals surface area contributed by atoms with Crippen LogP contribution in [0.25, 0.3) is 0 Å². The number of benzene rings is 2. The summed E-state index contributed by atoms with van der Waals surface area (Å²) in [5.74, 6) is 0.489. The summed E-state index contributed by atoms with van der Waals surface area (Å²) < 4.78 is 0. The highest BCUT2D eigenvalue weighted by Crippen LogP contribution is 2.39. The Hall–Kier alpha value is -2.15. The summed E-state index contributed by atoms with van der Waals surface area (Å²) in [7, 11) is 0. The minimum absolute atomic E-state index is 0.202. The quantitative estimate of drug-likeness (QED) is 0.678. The van der Waals surface area contributed by atoms with Gasteiger partial charge in [-0.05, 0) is 37.0 Å². The summed E-state index contributed by atoms with van der Waals surface area (Å²) in [6, 6.07) is 18.5. The van der Waals surface area contributed by atoms with E-state index in [4.69, 9.17) is 0 Å². The standard InChI is InChI=1S/C19H18O/c1-13(2)17-12-18(14-8-4-3-5-9-14)15-10-6-7-11-16(15)19(17)20/h3-11,18H,12H2,1-2H3. The van der Waals surface area contributed by atoms with Gasteiger partial charge in [-0.1, -0.05) is 60.2 Å². The molecule has 1 unspecified atom stereocenters. The average Bonchev–Trinajstić information content (AvgIpc) is 2.48. The highest BCUT2D eigenvalue weighted by molar-refractivity contribution is 6.11. The van der Waals surface area contributed by atoms with Gasteiger partial charge in [0.25, 0.3) is 0 Å². The summed E-state index contributed by atoms with van der Waals surface area (Å²) in [6.07, 6.45) is 0.808. The monoisotopic (exact) mass is 262 g/mol. The second-order valence-corrected chi connectivity index (χ2v) is 5.56. The molecular weight excluding hydrogens is 244 g/mol. The Balaban J connectivity index is 2.19. The molecule has 1 atom stereocenters. The lowest BCUT2D eigenvalue weighted by molar-refractivity contribution is 0.102. The van der Waals surface area contributed by atoms with Crippen molar-refractivity contribution in [3.8, 4) is 0 Å². The third-order valence-corrected chi connectivity index (χ3v) is 4.07. The number of Topliss-reactive ketones (excluding diaryl/α,β-unsaturated/α-hetero) is 1. The Kier molecular flexibility index (Phi) is 3.27. The number of hydrogen-bond donors (Lipinski definition) is 0. The van der Waals surface area contributed by atoms with Crippen LogP contribution in [0.1, 0.15) is 47.7 Å². The van der Waals surface area contributed by atoms with Crippen LogP contribution in [0.5, 0.6) is 0 Å². The molecule has 0 fully saturated rings. The molecule has 0 N–H and O–H groups in total. The minimum Gasteiger partial charge on any atom is -0.289 e. The predicted octanol–water partition coefficient (Wildman–Crippen LogP) is 4.74. The maximum absolute atomic E-state index is 12.6. The normalized spacial score (nSPS) is 17.8. The first-order valence-electron chi connectivity index (χ1n) is 7.03. The van der Waals surface area contributed by atoms with Gasteiger partial charge in [0.2, 0.25) is 0 Å². The highest BCUT2D eigenvalue weighted by Gasteiger charge is 2.30. The molecule has 3 rings (SSSR count). The number of ketones is 1. The molecule has 0 spiro atoms. The van der Waals surface area contributed by atoms with Crippen molar-refractivity contribution in [1.82, 2.24) is 0 Å². The SMILES string of the molecule is CC(C)=C1CC(c2ccccc2)c2ccccc2C1=O. The zero-order valence-corrected chi connectivity index (χ0v) is 11.9. The molecule has 0 aliphatic heterocycles. The molecule has 1 nitrogen and oxygen atoms in total. The average molecular weight is 262 g/mol. The zero-order chi connectivity index (χ0) is 14.1. The maximum atomic E-state index is 12.6. The van der Waals surface area contributed by atoms with Crippen LogP contribution in [0.2, 0.25) is 0 Å². The molecule has 2 aromatic carbocycles. The van der Waals surface area contributed by atoms with Crippen molar-refractivity contribution in [3.63, 3.8) is 0 Å². The van der Waals surface area contributed by atoms with Crippen molar-refractivity contribution in [2.45, 2.75) is 26.2 Å².